The van der Waals surface area contributed by atoms with Crippen LogP contribution in [0.2, 0.25) is 37.8 Å². The van der Waals surface area contributed by atoms with Crippen molar-refractivity contribution < 1.29 is 81.6 Å². The molecule has 3 atom stereocenters. The molecular formula is C86H146O17SSi2. The first-order chi connectivity index (χ1) is 50.7. The smallest absolute Gasteiger partial charge is 0.313 e. The lowest BCUT2D eigenvalue weighted by Crippen LogP contribution is -2.40. The quantitative estimate of drug-likeness (QED) is 0.00601. The second kappa shape index (κ2) is 82.0. The number of aliphatic hydroxyl groups is 4. The van der Waals surface area contributed by atoms with Crippen molar-refractivity contribution in [1.29, 1.82) is 0 Å². The normalized spacial score (nSPS) is 12.1. The fraction of sp³-hybridized carbons (Fsp3) is 0.581. The number of methoxy groups -OCH3 is 1. The van der Waals surface area contributed by atoms with E-state index >= 15 is 0 Å². The molecular weight excluding hydrogens is 1390 g/mol. The summed E-state index contributed by atoms with van der Waals surface area (Å²) in [5, 5.41) is 33.7. The fourth-order valence-corrected chi connectivity index (χ4v) is 10.3. The van der Waals surface area contributed by atoms with E-state index in [9.17, 15) is 19.2 Å². The minimum absolute atomic E-state index is 0.0938. The molecule has 17 nitrogen and oxygen atoms in total. The number of allylic oxidation sites excluding steroid dienone is 7. The largest absolute Gasteiger partial charge is 0.540 e. The predicted molar refractivity (Wildman–Crippen MR) is 447 cm³/mol. The summed E-state index contributed by atoms with van der Waals surface area (Å²) in [6.45, 7) is 39.7. The molecule has 0 aliphatic rings. The fourth-order valence-electron chi connectivity index (χ4n) is 7.26. The molecule has 0 fully saturated rings. The van der Waals surface area contributed by atoms with Gasteiger partial charge in [0.25, 0.3) is 0 Å². The molecule has 0 amide bonds. The van der Waals surface area contributed by atoms with Gasteiger partial charge in [0, 0.05) is 45.9 Å². The van der Waals surface area contributed by atoms with Gasteiger partial charge in [0.15, 0.2) is 8.32 Å². The van der Waals surface area contributed by atoms with Crippen molar-refractivity contribution >= 4 is 52.7 Å². The summed E-state index contributed by atoms with van der Waals surface area (Å²) in [5.74, 6) is 0.401. The third-order valence-electron chi connectivity index (χ3n) is 14.2. The van der Waals surface area contributed by atoms with Crippen molar-refractivity contribution in [2.75, 3.05) is 66.3 Å². The van der Waals surface area contributed by atoms with E-state index in [-0.39, 0.29) is 55.4 Å². The van der Waals surface area contributed by atoms with Gasteiger partial charge >= 0.3 is 5.97 Å². The number of aliphatic hydroxyl groups excluding tert-OH is 4. The van der Waals surface area contributed by atoms with Crippen LogP contribution in [0.5, 0.6) is 0 Å². The maximum atomic E-state index is 10.2. The Labute approximate surface area is 650 Å². The minimum atomic E-state index is -1.60. The third kappa shape index (κ3) is 89.1. The Bertz CT molecular complexity index is 2580. The van der Waals surface area contributed by atoms with Crippen LogP contribution in [0.3, 0.4) is 0 Å². The van der Waals surface area contributed by atoms with Crippen LogP contribution in [-0.2, 0) is 81.0 Å². The molecule has 0 bridgehead atoms. The monoisotopic (exact) mass is 1540 g/mol. The van der Waals surface area contributed by atoms with E-state index in [0.717, 1.165) is 131 Å². The summed E-state index contributed by atoms with van der Waals surface area (Å²) in [4.78, 5) is 39.8. The van der Waals surface area contributed by atoms with E-state index < -0.39 is 22.6 Å². The molecule has 0 saturated carbocycles. The Morgan fingerprint density at radius 1 is 0.500 bits per heavy atom. The number of carbonyl (C=O) groups excluding carboxylic acids is 4. The van der Waals surface area contributed by atoms with Crippen LogP contribution in [0.4, 0.5) is 0 Å². The molecule has 0 aliphatic carbocycles. The average Bonchev–Trinajstić information content (AvgIpc) is 0.847. The number of Topliss-reactive ketones (excluding diaryl/α,β-unsaturated/α-hetero) is 1. The van der Waals surface area contributed by atoms with Gasteiger partial charge in [-0.05, 0) is 178 Å². The highest BCUT2D eigenvalue weighted by Gasteiger charge is 2.36. The van der Waals surface area contributed by atoms with E-state index in [0.29, 0.717) is 66.1 Å². The summed E-state index contributed by atoms with van der Waals surface area (Å²) in [6.07, 6.45) is 43.2. The van der Waals surface area contributed by atoms with Crippen molar-refractivity contribution in [3.05, 3.63) is 192 Å². The highest BCUT2D eigenvalue weighted by Crippen LogP contribution is 2.36. The first-order valence-electron chi connectivity index (χ1n) is 37.9. The van der Waals surface area contributed by atoms with Crippen molar-refractivity contribution in [2.45, 2.75) is 261 Å². The van der Waals surface area contributed by atoms with Crippen molar-refractivity contribution in [1.82, 2.24) is 0 Å². The number of carbonyl (C=O) groups is 4. The van der Waals surface area contributed by atoms with Crippen LogP contribution in [0.15, 0.2) is 176 Å². The Balaban J connectivity index is -0.000000399. The maximum absolute atomic E-state index is 10.2. The highest BCUT2D eigenvalue weighted by atomic mass is 32.2. The number of thioether (sulfide) groups is 1. The van der Waals surface area contributed by atoms with E-state index in [1.807, 2.05) is 111 Å². The molecule has 0 heterocycles. The number of aldehydes is 2. The number of esters is 1. The Hall–Kier alpha value is -5.54. The SMILES string of the molecule is C=C(O[Si](C)(C)C)SCC.CCCC=O.CCCCO.COC(=O)CC(C)=O.C[C@H](C/C=C/CC/C=C/CC=O)OCOCc1ccccc1.C[C@H](C/C=C/CC/C=C/CCO)OCOCc1ccccc1.C[C@H](C/C=C/CC/C=C/CCO[Si](C)(C)C(C)(C)C)OCOCc1ccccc1.OCCCO. The first kappa shape index (κ1) is 109. The molecule has 106 heavy (non-hydrogen) atoms. The number of benzene rings is 3. The van der Waals surface area contributed by atoms with Crippen LogP contribution in [0, 0.1) is 0 Å². The van der Waals surface area contributed by atoms with Gasteiger partial charge in [-0.2, -0.15) is 0 Å². The van der Waals surface area contributed by atoms with E-state index in [4.69, 9.17) is 57.7 Å². The van der Waals surface area contributed by atoms with Crippen molar-refractivity contribution in [3.8, 4) is 0 Å². The van der Waals surface area contributed by atoms with E-state index in [2.05, 4.69) is 159 Å². The molecule has 0 unspecified atom stereocenters. The summed E-state index contributed by atoms with van der Waals surface area (Å²) in [5.41, 5.74) is 3.48. The standard InChI is InChI=1S/C25H42O3Si.C19H28O3.C19H26O3.C7H16OSSi.C5H8O3.C4H10O.C4H8O.C3H8O2/c1-23(27-22-26-21-24-18-14-12-15-19-24)17-13-10-8-7-9-11-16-20-28-29(5,6)25(2,3)4;2*1-18(12-8-5-3-2-4-6-11-15-20)22-17-21-16-19-13-9-7-10-14-19;1-6-9-7(2)8-10(3,4)5;1-4(6)3-5(7)8-2;2*1-2-3-4-5;4-2-1-3-5/h9-15,18-19,23H,7-8,16-17,20-22H2,1-6H3;4-10,13-14,18,20H,2-3,11-12,15-17H2,1H3;4-10,13-15,18H,2-3,11-12,16-17H2,1H3;2,6H2,1,3-5H3;3H2,1-2H3;5H,2-4H2,1H3;4H,2-3H2,1H3;4-5H,1-3H2/b11-9+,13-10+;2*6-4+,8-5+;;;;;/t23-;2*18-;;;;;/m111...../s1. The Morgan fingerprint density at radius 3 is 1.13 bits per heavy atom. The van der Waals surface area contributed by atoms with Crippen LogP contribution >= 0.6 is 11.8 Å². The molecule has 0 aromatic heterocycles. The third-order valence-corrected chi connectivity index (χ3v) is 20.4. The lowest BCUT2D eigenvalue weighted by molar-refractivity contribution is -0.143. The molecule has 3 aromatic rings. The minimum Gasteiger partial charge on any atom is -0.540 e. The van der Waals surface area contributed by atoms with Crippen molar-refractivity contribution in [2.24, 2.45) is 0 Å². The van der Waals surface area contributed by atoms with E-state index in [1.165, 1.54) is 19.6 Å². The summed E-state index contributed by atoms with van der Waals surface area (Å²) >= 11 is 1.68. The van der Waals surface area contributed by atoms with Crippen molar-refractivity contribution in [3.63, 3.8) is 0 Å². The van der Waals surface area contributed by atoms with Crippen LogP contribution in [-0.4, -0.2) is 146 Å². The highest BCUT2D eigenvalue weighted by molar-refractivity contribution is 8.02. The number of unbranched alkanes of at least 4 members (excludes halogenated alkanes) is 5. The summed E-state index contributed by atoms with van der Waals surface area (Å²) in [7, 11) is -1.72. The summed E-state index contributed by atoms with van der Waals surface area (Å²) in [6, 6.07) is 30.3. The van der Waals surface area contributed by atoms with Crippen LogP contribution in [0.25, 0.3) is 0 Å². The lowest BCUT2D eigenvalue weighted by atomic mass is 10.2. The predicted octanol–water partition coefficient (Wildman–Crippen LogP) is 20.3. The zero-order valence-electron chi connectivity index (χ0n) is 68.4. The topological polar surface area (TPSA) is 232 Å². The van der Waals surface area contributed by atoms with Gasteiger partial charge in [-0.3, -0.25) is 9.59 Å². The second-order valence-corrected chi connectivity index (χ2v) is 37.2. The number of ketones is 1. The number of hydrogen-bond acceptors (Lipinski definition) is 18. The zero-order chi connectivity index (χ0) is 80.5. The van der Waals surface area contributed by atoms with E-state index in [1.54, 1.807) is 11.8 Å². The lowest BCUT2D eigenvalue weighted by Gasteiger charge is -2.36. The molecule has 4 N–H and O–H groups in total. The number of ether oxygens (including phenoxy) is 7. The molecule has 0 aliphatic heterocycles. The van der Waals surface area contributed by atoms with Crippen LogP contribution in [0.1, 0.15) is 202 Å². The molecule has 0 radical (unpaired) electrons. The van der Waals surface area contributed by atoms with Gasteiger partial charge in [-0.1, -0.05) is 230 Å². The number of hydrogen-bond donors (Lipinski definition) is 4. The molecule has 0 spiro atoms. The van der Waals surface area contributed by atoms with Gasteiger partial charge in [0.05, 0.1) is 45.2 Å². The second-order valence-electron chi connectivity index (χ2n) is 26.7. The average molecular weight is 1540 g/mol. The Morgan fingerprint density at radius 2 is 0.868 bits per heavy atom. The van der Waals surface area contributed by atoms with Gasteiger partial charge < -0.3 is 72.0 Å². The molecule has 20 heteroatoms. The van der Waals surface area contributed by atoms with Crippen LogP contribution < -0.4 is 0 Å². The van der Waals surface area contributed by atoms with Gasteiger partial charge in [-0.25, -0.2) is 0 Å². The Kier molecular flexibility index (Phi) is 84.3. The molecule has 0 saturated heterocycles. The maximum Gasteiger partial charge on any atom is 0.313 e. The number of rotatable bonds is 50. The van der Waals surface area contributed by atoms with Gasteiger partial charge in [0.2, 0.25) is 8.32 Å². The molecule has 3 rings (SSSR count). The zero-order valence-corrected chi connectivity index (χ0v) is 71.2. The molecule has 3 aromatic carbocycles. The summed E-state index contributed by atoms with van der Waals surface area (Å²) < 4.78 is 49.4. The molecule has 606 valence electrons. The first-order valence-corrected chi connectivity index (χ1v) is 45.2. The van der Waals surface area contributed by atoms with Gasteiger partial charge in [-0.15, -0.1) is 0 Å². The van der Waals surface area contributed by atoms with Gasteiger partial charge in [0.1, 0.15) is 50.2 Å².